The fraction of sp³-hybridized carbons (Fsp3) is 0.333. The first-order chi connectivity index (χ1) is 9.20. The lowest BCUT2D eigenvalue weighted by atomic mass is 10.3. The molecular weight excluding hydrogens is 246 g/mol. The van der Waals surface area contributed by atoms with Crippen LogP contribution in [0.15, 0.2) is 24.5 Å². The van der Waals surface area contributed by atoms with Crippen LogP contribution in [-0.2, 0) is 18.2 Å². The standard InChI is InChI=1S/C12H15N5O2/c1-17-9(4-8-15-17)3-6-13-10-5-7-14-11(16-10)12(18)19-2/h4-5,7-8H,3,6H2,1-2H3,(H,13,14,16). The molecule has 0 atom stereocenters. The summed E-state index contributed by atoms with van der Waals surface area (Å²) < 4.78 is 6.39. The molecule has 1 N–H and O–H groups in total. The molecule has 0 amide bonds. The molecule has 19 heavy (non-hydrogen) atoms. The molecule has 2 heterocycles. The van der Waals surface area contributed by atoms with Crippen LogP contribution in [0.5, 0.6) is 0 Å². The first-order valence-corrected chi connectivity index (χ1v) is 5.83. The summed E-state index contributed by atoms with van der Waals surface area (Å²) in [6, 6.07) is 3.66. The number of methoxy groups -OCH3 is 1. The van der Waals surface area contributed by atoms with Gasteiger partial charge in [0.1, 0.15) is 5.82 Å². The lowest BCUT2D eigenvalue weighted by molar-refractivity contribution is 0.0587. The number of esters is 1. The van der Waals surface area contributed by atoms with Gasteiger partial charge in [-0.05, 0) is 12.1 Å². The Morgan fingerprint density at radius 2 is 2.26 bits per heavy atom. The zero-order valence-electron chi connectivity index (χ0n) is 10.8. The topological polar surface area (TPSA) is 81.9 Å². The largest absolute Gasteiger partial charge is 0.463 e. The smallest absolute Gasteiger partial charge is 0.376 e. The Bertz CT molecular complexity index is 567. The van der Waals surface area contributed by atoms with Gasteiger partial charge in [0.15, 0.2) is 0 Å². The Balaban J connectivity index is 1.93. The molecule has 0 bridgehead atoms. The summed E-state index contributed by atoms with van der Waals surface area (Å²) in [6.45, 7) is 0.692. The van der Waals surface area contributed by atoms with Crippen molar-refractivity contribution in [1.29, 1.82) is 0 Å². The summed E-state index contributed by atoms with van der Waals surface area (Å²) >= 11 is 0. The van der Waals surface area contributed by atoms with Crippen LogP contribution >= 0.6 is 0 Å². The number of hydrogen-bond donors (Lipinski definition) is 1. The second-order valence-electron chi connectivity index (χ2n) is 3.88. The average Bonchev–Trinajstić information content (AvgIpc) is 2.84. The van der Waals surface area contributed by atoms with E-state index in [4.69, 9.17) is 0 Å². The number of nitrogens with zero attached hydrogens (tertiary/aromatic N) is 4. The van der Waals surface area contributed by atoms with Gasteiger partial charge < -0.3 is 10.1 Å². The van der Waals surface area contributed by atoms with E-state index in [1.54, 1.807) is 12.3 Å². The van der Waals surface area contributed by atoms with Gasteiger partial charge in [-0.25, -0.2) is 14.8 Å². The van der Waals surface area contributed by atoms with Crippen molar-refractivity contribution in [2.24, 2.45) is 7.05 Å². The first kappa shape index (κ1) is 13.0. The SMILES string of the molecule is COC(=O)c1nccc(NCCc2ccnn2C)n1. The molecule has 7 heteroatoms. The third-order valence-corrected chi connectivity index (χ3v) is 2.63. The van der Waals surface area contributed by atoms with Crippen LogP contribution in [0.4, 0.5) is 5.82 Å². The van der Waals surface area contributed by atoms with Gasteiger partial charge in [0.2, 0.25) is 5.82 Å². The minimum absolute atomic E-state index is 0.0491. The maximum Gasteiger partial charge on any atom is 0.376 e. The van der Waals surface area contributed by atoms with Crippen LogP contribution in [0.3, 0.4) is 0 Å². The number of aryl methyl sites for hydroxylation is 1. The molecule has 2 aromatic heterocycles. The van der Waals surface area contributed by atoms with Crippen LogP contribution in [-0.4, -0.2) is 39.4 Å². The number of carbonyl (C=O) groups is 1. The van der Waals surface area contributed by atoms with Crippen molar-refractivity contribution < 1.29 is 9.53 Å². The molecule has 0 unspecified atom stereocenters. The minimum atomic E-state index is -0.546. The summed E-state index contributed by atoms with van der Waals surface area (Å²) in [5.41, 5.74) is 1.12. The average molecular weight is 261 g/mol. The Hall–Kier alpha value is -2.44. The van der Waals surface area contributed by atoms with Crippen molar-refractivity contribution in [1.82, 2.24) is 19.7 Å². The zero-order chi connectivity index (χ0) is 13.7. The molecule has 0 aliphatic heterocycles. The molecule has 0 aromatic carbocycles. The predicted molar refractivity (Wildman–Crippen MR) is 68.8 cm³/mol. The van der Waals surface area contributed by atoms with Crippen LogP contribution in [0, 0.1) is 0 Å². The van der Waals surface area contributed by atoms with Crippen molar-refractivity contribution in [3.05, 3.63) is 36.0 Å². The van der Waals surface area contributed by atoms with Crippen LogP contribution < -0.4 is 5.32 Å². The highest BCUT2D eigenvalue weighted by Gasteiger charge is 2.09. The molecule has 0 aliphatic carbocycles. The fourth-order valence-electron chi connectivity index (χ4n) is 1.61. The number of aromatic nitrogens is 4. The summed E-state index contributed by atoms with van der Waals surface area (Å²) in [5, 5.41) is 7.22. The van der Waals surface area contributed by atoms with Gasteiger partial charge in [-0.3, -0.25) is 4.68 Å². The Morgan fingerprint density at radius 3 is 2.95 bits per heavy atom. The number of rotatable bonds is 5. The second kappa shape index (κ2) is 5.94. The normalized spacial score (nSPS) is 10.2. The minimum Gasteiger partial charge on any atom is -0.463 e. The predicted octanol–water partition coefficient (Wildman–Crippen LogP) is 0.651. The van der Waals surface area contributed by atoms with E-state index in [-0.39, 0.29) is 5.82 Å². The molecule has 7 nitrogen and oxygen atoms in total. The number of ether oxygens (including phenoxy) is 1. The lowest BCUT2D eigenvalue weighted by Crippen LogP contribution is -2.12. The summed E-state index contributed by atoms with van der Waals surface area (Å²) in [5.74, 6) is 0.0980. The summed E-state index contributed by atoms with van der Waals surface area (Å²) in [7, 11) is 3.20. The highest BCUT2D eigenvalue weighted by molar-refractivity contribution is 5.85. The van der Waals surface area contributed by atoms with Crippen molar-refractivity contribution >= 4 is 11.8 Å². The third-order valence-electron chi connectivity index (χ3n) is 2.63. The van der Waals surface area contributed by atoms with Crippen molar-refractivity contribution in [3.8, 4) is 0 Å². The Morgan fingerprint density at radius 1 is 1.42 bits per heavy atom. The molecule has 0 saturated heterocycles. The van der Waals surface area contributed by atoms with Gasteiger partial charge in [0.25, 0.3) is 0 Å². The molecule has 0 aliphatic rings. The van der Waals surface area contributed by atoms with E-state index in [1.165, 1.54) is 13.3 Å². The Labute approximate surface area is 110 Å². The lowest BCUT2D eigenvalue weighted by Gasteiger charge is -2.06. The van der Waals surface area contributed by atoms with Gasteiger partial charge in [-0.15, -0.1) is 0 Å². The van der Waals surface area contributed by atoms with Gasteiger partial charge in [-0.1, -0.05) is 0 Å². The highest BCUT2D eigenvalue weighted by Crippen LogP contribution is 2.04. The third kappa shape index (κ3) is 3.27. The number of carbonyl (C=O) groups excluding carboxylic acids is 1. The Kier molecular flexibility index (Phi) is 4.07. The van der Waals surface area contributed by atoms with E-state index in [1.807, 2.05) is 17.8 Å². The maximum atomic E-state index is 11.3. The van der Waals surface area contributed by atoms with Gasteiger partial charge >= 0.3 is 5.97 Å². The summed E-state index contributed by atoms with van der Waals surface area (Å²) in [4.78, 5) is 19.2. The van der Waals surface area contributed by atoms with Crippen molar-refractivity contribution in [2.75, 3.05) is 19.0 Å². The van der Waals surface area contributed by atoms with E-state index >= 15 is 0 Å². The van der Waals surface area contributed by atoms with Crippen molar-refractivity contribution in [3.63, 3.8) is 0 Å². The first-order valence-electron chi connectivity index (χ1n) is 5.83. The van der Waals surface area contributed by atoms with Gasteiger partial charge in [0.05, 0.1) is 7.11 Å². The summed E-state index contributed by atoms with van der Waals surface area (Å²) in [6.07, 6.45) is 4.09. The van der Waals surface area contributed by atoms with E-state index in [0.717, 1.165) is 12.1 Å². The van der Waals surface area contributed by atoms with Crippen molar-refractivity contribution in [2.45, 2.75) is 6.42 Å². The molecule has 100 valence electrons. The fourth-order valence-corrected chi connectivity index (χ4v) is 1.61. The molecule has 0 spiro atoms. The molecule has 2 rings (SSSR count). The molecule has 2 aromatic rings. The van der Waals surface area contributed by atoms with E-state index in [0.29, 0.717) is 12.4 Å². The van der Waals surface area contributed by atoms with Crippen LogP contribution in [0.25, 0.3) is 0 Å². The molecule has 0 radical (unpaired) electrons. The zero-order valence-corrected chi connectivity index (χ0v) is 10.8. The quantitative estimate of drug-likeness (QED) is 0.796. The number of anilines is 1. The van der Waals surface area contributed by atoms with E-state index < -0.39 is 5.97 Å². The molecule has 0 saturated carbocycles. The highest BCUT2D eigenvalue weighted by atomic mass is 16.5. The number of hydrogen-bond acceptors (Lipinski definition) is 6. The van der Waals surface area contributed by atoms with Gasteiger partial charge in [-0.2, -0.15) is 5.10 Å². The molecule has 0 fully saturated rings. The second-order valence-corrected chi connectivity index (χ2v) is 3.88. The number of nitrogens with one attached hydrogen (secondary N) is 1. The maximum absolute atomic E-state index is 11.3. The van der Waals surface area contributed by atoms with Gasteiger partial charge in [0, 0.05) is 38.1 Å². The van der Waals surface area contributed by atoms with Crippen LogP contribution in [0.1, 0.15) is 16.3 Å². The molecular formula is C12H15N5O2. The monoisotopic (exact) mass is 261 g/mol. The van der Waals surface area contributed by atoms with Crippen LogP contribution in [0.2, 0.25) is 0 Å². The van der Waals surface area contributed by atoms with E-state index in [9.17, 15) is 4.79 Å². The van der Waals surface area contributed by atoms with E-state index in [2.05, 4.69) is 25.1 Å².